The Morgan fingerprint density at radius 3 is 1.30 bits per heavy atom. The highest BCUT2D eigenvalue weighted by atomic mass is 31.2. The lowest BCUT2D eigenvalue weighted by Crippen LogP contribution is -2.47. The molecule has 1 atom stereocenters. The van der Waals surface area contributed by atoms with Crippen LogP contribution in [0.25, 0.3) is 0 Å². The summed E-state index contributed by atoms with van der Waals surface area (Å²) in [6, 6.07) is 60.1. The predicted octanol–water partition coefficient (Wildman–Crippen LogP) is 8.71. The molecule has 0 spiro atoms. The molecular weight excluding hydrogens is 604 g/mol. The van der Waals surface area contributed by atoms with E-state index in [4.69, 9.17) is 4.43 Å². The number of rotatable bonds is 10. The first-order valence-electron chi connectivity index (χ1n) is 16.6. The van der Waals surface area contributed by atoms with Crippen LogP contribution in [0.1, 0.15) is 49.1 Å². The van der Waals surface area contributed by atoms with Gasteiger partial charge in [-0.25, -0.2) is 0 Å². The molecular formula is C44H45OPSi+. The summed E-state index contributed by atoms with van der Waals surface area (Å²) < 4.78 is 7.37. The Bertz CT molecular complexity index is 1730. The standard InChI is InChI=1S/C44H45OPSi/c1-34-32-42(43(44(3,4)5)45-47(40-27-17-9-18-28-40)41-29-19-10-20-30-41)35(2)31-36(34)33-46(37-21-11-6-12-22-37,38-23-13-7-14-24-38)39-25-15-8-16-26-39/h6-32,43H,33H2,1-5H3/q+1. The lowest BCUT2D eigenvalue weighted by Gasteiger charge is -2.36. The fourth-order valence-corrected chi connectivity index (χ4v) is 13.3. The Morgan fingerprint density at radius 1 is 0.532 bits per heavy atom. The molecule has 1 radical (unpaired) electrons. The van der Waals surface area contributed by atoms with E-state index >= 15 is 0 Å². The molecule has 0 aliphatic carbocycles. The normalized spacial score (nSPS) is 12.6. The van der Waals surface area contributed by atoms with E-state index in [0.717, 1.165) is 6.16 Å². The highest BCUT2D eigenvalue weighted by Crippen LogP contribution is 2.58. The summed E-state index contributed by atoms with van der Waals surface area (Å²) in [5.41, 5.74) is 5.20. The van der Waals surface area contributed by atoms with Gasteiger partial charge in [0.05, 0.1) is 12.3 Å². The van der Waals surface area contributed by atoms with E-state index in [0.29, 0.717) is 0 Å². The van der Waals surface area contributed by atoms with E-state index in [9.17, 15) is 0 Å². The van der Waals surface area contributed by atoms with Crippen LogP contribution >= 0.6 is 7.26 Å². The van der Waals surface area contributed by atoms with E-state index < -0.39 is 16.3 Å². The summed E-state index contributed by atoms with van der Waals surface area (Å²) in [6.07, 6.45) is 0.892. The first kappa shape index (κ1) is 32.9. The molecule has 0 heterocycles. The Labute approximate surface area is 284 Å². The molecule has 3 heteroatoms. The Hall–Kier alpha value is -4.07. The van der Waals surface area contributed by atoms with Gasteiger partial charge in [0.15, 0.2) is 0 Å². The van der Waals surface area contributed by atoms with Gasteiger partial charge in [-0.1, -0.05) is 148 Å². The summed E-state index contributed by atoms with van der Waals surface area (Å²) in [5, 5.41) is 6.77. The van der Waals surface area contributed by atoms with Crippen molar-refractivity contribution in [3.05, 3.63) is 186 Å². The van der Waals surface area contributed by atoms with E-state index in [1.807, 2.05) is 0 Å². The van der Waals surface area contributed by atoms with Gasteiger partial charge < -0.3 is 4.43 Å². The maximum atomic E-state index is 7.37. The topological polar surface area (TPSA) is 9.23 Å². The predicted molar refractivity (Wildman–Crippen MR) is 206 cm³/mol. The van der Waals surface area contributed by atoms with Crippen LogP contribution in [0.4, 0.5) is 0 Å². The molecule has 0 aromatic heterocycles. The highest BCUT2D eigenvalue weighted by Gasteiger charge is 2.46. The summed E-state index contributed by atoms with van der Waals surface area (Å²) >= 11 is 0. The van der Waals surface area contributed by atoms with Crippen LogP contribution in [0.3, 0.4) is 0 Å². The monoisotopic (exact) mass is 648 g/mol. The second-order valence-electron chi connectivity index (χ2n) is 13.5. The van der Waals surface area contributed by atoms with E-state index in [1.165, 1.54) is 48.5 Å². The van der Waals surface area contributed by atoms with Crippen molar-refractivity contribution in [3.63, 3.8) is 0 Å². The van der Waals surface area contributed by atoms with Crippen LogP contribution in [-0.4, -0.2) is 9.04 Å². The van der Waals surface area contributed by atoms with E-state index in [1.54, 1.807) is 0 Å². The van der Waals surface area contributed by atoms with E-state index in [2.05, 4.69) is 198 Å². The van der Waals surface area contributed by atoms with Crippen LogP contribution in [0.2, 0.25) is 0 Å². The lowest BCUT2D eigenvalue weighted by atomic mass is 9.82. The third-order valence-corrected chi connectivity index (χ3v) is 15.6. The molecule has 0 aliphatic rings. The molecule has 47 heavy (non-hydrogen) atoms. The number of aryl methyl sites for hydroxylation is 2. The molecule has 0 amide bonds. The maximum Gasteiger partial charge on any atom is 0.283 e. The first-order valence-corrected chi connectivity index (χ1v) is 19.9. The molecule has 6 aromatic rings. The zero-order valence-corrected chi connectivity index (χ0v) is 30.1. The minimum absolute atomic E-state index is 0.0681. The molecule has 0 saturated heterocycles. The second-order valence-corrected chi connectivity index (χ2v) is 19.1. The van der Waals surface area contributed by atoms with Gasteiger partial charge in [0.1, 0.15) is 23.2 Å². The average Bonchev–Trinajstić information content (AvgIpc) is 3.10. The zero-order chi connectivity index (χ0) is 32.9. The molecule has 235 valence electrons. The smallest absolute Gasteiger partial charge is 0.283 e. The van der Waals surface area contributed by atoms with Crippen LogP contribution in [0, 0.1) is 19.3 Å². The number of hydrogen-bond donors (Lipinski definition) is 0. The number of hydrogen-bond acceptors (Lipinski definition) is 1. The molecule has 1 nitrogen and oxygen atoms in total. The molecule has 6 aromatic carbocycles. The largest absolute Gasteiger partial charge is 0.400 e. The number of benzene rings is 6. The Balaban J connectivity index is 1.46. The summed E-state index contributed by atoms with van der Waals surface area (Å²) in [5.74, 6) is 0. The van der Waals surface area contributed by atoms with E-state index in [-0.39, 0.29) is 11.5 Å². The van der Waals surface area contributed by atoms with Gasteiger partial charge in [0.25, 0.3) is 9.04 Å². The lowest BCUT2D eigenvalue weighted by molar-refractivity contribution is 0.0890. The average molecular weight is 649 g/mol. The van der Waals surface area contributed by atoms with Crippen molar-refractivity contribution in [1.82, 2.24) is 0 Å². The van der Waals surface area contributed by atoms with Gasteiger partial charge in [0, 0.05) is 0 Å². The van der Waals surface area contributed by atoms with Crippen LogP contribution < -0.4 is 26.3 Å². The molecule has 6 rings (SSSR count). The van der Waals surface area contributed by atoms with Gasteiger partial charge in [-0.05, 0) is 88.3 Å². The van der Waals surface area contributed by atoms with Crippen molar-refractivity contribution in [2.45, 2.75) is 46.9 Å². The molecule has 0 N–H and O–H groups in total. The van der Waals surface area contributed by atoms with Gasteiger partial charge in [-0.3, -0.25) is 0 Å². The summed E-state index contributed by atoms with van der Waals surface area (Å²) in [6.45, 7) is 11.5. The third kappa shape index (κ3) is 7.11. The Kier molecular flexibility index (Phi) is 10.0. The van der Waals surface area contributed by atoms with Crippen molar-refractivity contribution in [3.8, 4) is 0 Å². The minimum Gasteiger partial charge on any atom is -0.400 e. The molecule has 0 aliphatic heterocycles. The second kappa shape index (κ2) is 14.4. The van der Waals surface area contributed by atoms with Crippen molar-refractivity contribution < 1.29 is 4.43 Å². The molecule has 1 unspecified atom stereocenters. The molecule has 0 saturated carbocycles. The van der Waals surface area contributed by atoms with Gasteiger partial charge >= 0.3 is 0 Å². The Morgan fingerprint density at radius 2 is 0.915 bits per heavy atom. The molecule has 0 bridgehead atoms. The van der Waals surface area contributed by atoms with Crippen molar-refractivity contribution in [1.29, 1.82) is 0 Å². The van der Waals surface area contributed by atoms with Gasteiger partial charge in [-0.15, -0.1) is 0 Å². The van der Waals surface area contributed by atoms with Crippen molar-refractivity contribution >= 4 is 42.6 Å². The minimum atomic E-state index is -2.02. The summed E-state index contributed by atoms with van der Waals surface area (Å²) in [7, 11) is -3.52. The third-order valence-electron chi connectivity index (χ3n) is 9.10. The fraction of sp³-hybridized carbons (Fsp3) is 0.182. The van der Waals surface area contributed by atoms with Crippen LogP contribution in [0.15, 0.2) is 164 Å². The quantitative estimate of drug-likeness (QED) is 0.107. The summed E-state index contributed by atoms with van der Waals surface area (Å²) in [4.78, 5) is 0. The van der Waals surface area contributed by atoms with Gasteiger partial charge in [0.2, 0.25) is 0 Å². The SMILES string of the molecule is Cc1cc(C(O[Si](c2ccccc2)c2ccccc2)C(C)(C)C)c(C)cc1C[P+](c1ccccc1)(c1ccccc1)c1ccccc1. The highest BCUT2D eigenvalue weighted by molar-refractivity contribution is 7.95. The van der Waals surface area contributed by atoms with Crippen LogP contribution in [-0.2, 0) is 10.6 Å². The van der Waals surface area contributed by atoms with Crippen LogP contribution in [0.5, 0.6) is 0 Å². The van der Waals surface area contributed by atoms with Crippen molar-refractivity contribution in [2.75, 3.05) is 0 Å². The van der Waals surface area contributed by atoms with Gasteiger partial charge in [-0.2, -0.15) is 0 Å². The molecule has 0 fully saturated rings. The zero-order valence-electron chi connectivity index (χ0n) is 28.2. The first-order chi connectivity index (χ1) is 22.8. The maximum absolute atomic E-state index is 7.37. The fourth-order valence-electron chi connectivity index (χ4n) is 6.68. The van der Waals surface area contributed by atoms with Crippen molar-refractivity contribution in [2.24, 2.45) is 5.41 Å².